The van der Waals surface area contributed by atoms with Crippen molar-refractivity contribution in [3.05, 3.63) is 23.8 Å². The smallest absolute Gasteiger partial charge is 0.161 e. The van der Waals surface area contributed by atoms with Gasteiger partial charge in [0.2, 0.25) is 0 Å². The summed E-state index contributed by atoms with van der Waals surface area (Å²) < 4.78 is 11.4. The van der Waals surface area contributed by atoms with Crippen molar-refractivity contribution in [2.45, 2.75) is 32.9 Å². The summed E-state index contributed by atoms with van der Waals surface area (Å²) in [6, 6.07) is 6.99. The van der Waals surface area contributed by atoms with Crippen molar-refractivity contribution in [1.82, 2.24) is 9.80 Å². The molecule has 1 aromatic rings. The SMILES string of the molecule is CCOc1ccc(C(CN)N2CCN(C)C(C)C2)cc1OCC. The van der Waals surface area contributed by atoms with E-state index in [0.29, 0.717) is 25.8 Å². The molecular formula is C18H31N3O2. The first-order valence-electron chi connectivity index (χ1n) is 8.64. The predicted molar refractivity (Wildman–Crippen MR) is 94.2 cm³/mol. The van der Waals surface area contributed by atoms with Crippen LogP contribution in [0.4, 0.5) is 0 Å². The van der Waals surface area contributed by atoms with Crippen molar-refractivity contribution in [1.29, 1.82) is 0 Å². The fraction of sp³-hybridized carbons (Fsp3) is 0.667. The summed E-state index contributed by atoms with van der Waals surface area (Å²) in [6.07, 6.45) is 0. The third kappa shape index (κ3) is 4.37. The fourth-order valence-corrected chi connectivity index (χ4v) is 3.13. The lowest BCUT2D eigenvalue weighted by Crippen LogP contribution is -2.52. The van der Waals surface area contributed by atoms with Crippen LogP contribution in [0.15, 0.2) is 18.2 Å². The maximum Gasteiger partial charge on any atom is 0.161 e. The van der Waals surface area contributed by atoms with Crippen molar-refractivity contribution in [2.24, 2.45) is 5.73 Å². The normalized spacial score (nSPS) is 21.2. The second-order valence-electron chi connectivity index (χ2n) is 6.15. The molecule has 1 aliphatic heterocycles. The van der Waals surface area contributed by atoms with Crippen LogP contribution in [0.3, 0.4) is 0 Å². The van der Waals surface area contributed by atoms with Gasteiger partial charge in [-0.2, -0.15) is 0 Å². The quantitative estimate of drug-likeness (QED) is 0.834. The molecule has 0 spiro atoms. The summed E-state index contributed by atoms with van der Waals surface area (Å²) in [4.78, 5) is 4.88. The molecule has 2 atom stereocenters. The molecule has 0 bridgehead atoms. The van der Waals surface area contributed by atoms with Crippen LogP contribution in [0.1, 0.15) is 32.4 Å². The van der Waals surface area contributed by atoms with Crippen molar-refractivity contribution in [2.75, 3.05) is 46.4 Å². The van der Waals surface area contributed by atoms with Gasteiger partial charge in [-0.25, -0.2) is 0 Å². The molecule has 1 saturated heterocycles. The van der Waals surface area contributed by atoms with E-state index in [1.54, 1.807) is 0 Å². The average molecular weight is 321 g/mol. The van der Waals surface area contributed by atoms with Gasteiger partial charge < -0.3 is 20.1 Å². The number of ether oxygens (including phenoxy) is 2. The van der Waals surface area contributed by atoms with Crippen molar-refractivity contribution < 1.29 is 9.47 Å². The summed E-state index contributed by atoms with van der Waals surface area (Å²) in [6.45, 7) is 11.3. The molecule has 1 fully saturated rings. The molecule has 23 heavy (non-hydrogen) atoms. The summed E-state index contributed by atoms with van der Waals surface area (Å²) in [5.41, 5.74) is 7.31. The number of rotatable bonds is 7. The van der Waals surface area contributed by atoms with E-state index in [1.165, 1.54) is 5.56 Å². The number of piperazine rings is 1. The van der Waals surface area contributed by atoms with E-state index >= 15 is 0 Å². The predicted octanol–water partition coefficient (Wildman–Crippen LogP) is 2.12. The number of likely N-dealkylation sites (N-methyl/N-ethyl adjacent to an activating group) is 1. The molecule has 1 heterocycles. The van der Waals surface area contributed by atoms with E-state index in [-0.39, 0.29) is 6.04 Å². The molecule has 0 radical (unpaired) electrons. The van der Waals surface area contributed by atoms with Crippen molar-refractivity contribution in [3.8, 4) is 11.5 Å². The molecule has 0 saturated carbocycles. The Morgan fingerprint density at radius 3 is 2.48 bits per heavy atom. The number of nitrogens with two attached hydrogens (primary N) is 1. The first kappa shape index (κ1) is 18.0. The molecular weight excluding hydrogens is 290 g/mol. The van der Waals surface area contributed by atoms with E-state index in [9.17, 15) is 0 Å². The molecule has 0 amide bonds. The molecule has 5 heteroatoms. The second kappa shape index (κ2) is 8.52. The van der Waals surface area contributed by atoms with Gasteiger partial charge in [0.15, 0.2) is 11.5 Å². The lowest BCUT2D eigenvalue weighted by atomic mass is 10.0. The Balaban J connectivity index is 2.21. The monoisotopic (exact) mass is 321 g/mol. The molecule has 5 nitrogen and oxygen atoms in total. The molecule has 130 valence electrons. The largest absolute Gasteiger partial charge is 0.490 e. The highest BCUT2D eigenvalue weighted by atomic mass is 16.5. The lowest BCUT2D eigenvalue weighted by molar-refractivity contribution is 0.0740. The van der Waals surface area contributed by atoms with Crippen molar-refractivity contribution in [3.63, 3.8) is 0 Å². The Kier molecular flexibility index (Phi) is 6.69. The van der Waals surface area contributed by atoms with E-state index in [0.717, 1.165) is 31.1 Å². The highest BCUT2D eigenvalue weighted by molar-refractivity contribution is 5.44. The van der Waals surface area contributed by atoms with E-state index in [2.05, 4.69) is 35.9 Å². The van der Waals surface area contributed by atoms with Crippen molar-refractivity contribution >= 4 is 0 Å². The number of benzene rings is 1. The Morgan fingerprint density at radius 2 is 1.87 bits per heavy atom. The van der Waals surface area contributed by atoms with E-state index < -0.39 is 0 Å². The topological polar surface area (TPSA) is 51.0 Å². The van der Waals surface area contributed by atoms with Crippen LogP contribution in [0.2, 0.25) is 0 Å². The van der Waals surface area contributed by atoms with Crippen LogP contribution >= 0.6 is 0 Å². The Hall–Kier alpha value is -1.30. The van der Waals surface area contributed by atoms with Crippen LogP contribution in [-0.2, 0) is 0 Å². The zero-order valence-electron chi connectivity index (χ0n) is 14.9. The molecule has 2 unspecified atom stereocenters. The number of hydrogen-bond donors (Lipinski definition) is 1. The summed E-state index contributed by atoms with van der Waals surface area (Å²) in [5, 5.41) is 0. The zero-order chi connectivity index (χ0) is 16.8. The molecule has 0 aromatic heterocycles. The summed E-state index contributed by atoms with van der Waals surface area (Å²) in [7, 11) is 2.18. The van der Waals surface area contributed by atoms with Gasteiger partial charge >= 0.3 is 0 Å². The van der Waals surface area contributed by atoms with Gasteiger partial charge in [-0.15, -0.1) is 0 Å². The Labute approximate surface area is 140 Å². The van der Waals surface area contributed by atoms with Gasteiger partial charge in [-0.05, 0) is 45.5 Å². The molecule has 0 aliphatic carbocycles. The summed E-state index contributed by atoms with van der Waals surface area (Å²) >= 11 is 0. The van der Waals surface area contributed by atoms with E-state index in [4.69, 9.17) is 15.2 Å². The van der Waals surface area contributed by atoms with Gasteiger partial charge in [0.1, 0.15) is 0 Å². The first-order valence-corrected chi connectivity index (χ1v) is 8.64. The summed E-state index contributed by atoms with van der Waals surface area (Å²) in [5.74, 6) is 1.62. The van der Waals surface area contributed by atoms with Gasteiger partial charge in [0, 0.05) is 38.3 Å². The van der Waals surface area contributed by atoms with Crippen LogP contribution in [0.25, 0.3) is 0 Å². The number of hydrogen-bond acceptors (Lipinski definition) is 5. The number of nitrogens with zero attached hydrogens (tertiary/aromatic N) is 2. The highest BCUT2D eigenvalue weighted by Crippen LogP contribution is 2.33. The van der Waals surface area contributed by atoms with Crippen LogP contribution in [0.5, 0.6) is 11.5 Å². The molecule has 2 N–H and O–H groups in total. The van der Waals surface area contributed by atoms with Crippen LogP contribution in [0, 0.1) is 0 Å². The minimum absolute atomic E-state index is 0.223. The third-order valence-corrected chi connectivity index (χ3v) is 4.61. The van der Waals surface area contributed by atoms with E-state index in [1.807, 2.05) is 19.9 Å². The lowest BCUT2D eigenvalue weighted by Gasteiger charge is -2.41. The molecule has 1 aliphatic rings. The minimum Gasteiger partial charge on any atom is -0.490 e. The Morgan fingerprint density at radius 1 is 1.17 bits per heavy atom. The van der Waals surface area contributed by atoms with Gasteiger partial charge in [-0.3, -0.25) is 4.90 Å². The Bertz CT molecular complexity index is 495. The van der Waals surface area contributed by atoms with Gasteiger partial charge in [0.05, 0.1) is 13.2 Å². The molecule has 1 aromatic carbocycles. The second-order valence-corrected chi connectivity index (χ2v) is 6.15. The van der Waals surface area contributed by atoms with Crippen LogP contribution in [-0.4, -0.2) is 62.3 Å². The zero-order valence-corrected chi connectivity index (χ0v) is 14.9. The first-order chi connectivity index (χ1) is 11.1. The highest BCUT2D eigenvalue weighted by Gasteiger charge is 2.27. The minimum atomic E-state index is 0.223. The average Bonchev–Trinajstić information content (AvgIpc) is 2.54. The van der Waals surface area contributed by atoms with Gasteiger partial charge in [0.25, 0.3) is 0 Å². The fourth-order valence-electron chi connectivity index (χ4n) is 3.13. The molecule has 2 rings (SSSR count). The van der Waals surface area contributed by atoms with Gasteiger partial charge in [-0.1, -0.05) is 6.07 Å². The van der Waals surface area contributed by atoms with Crippen LogP contribution < -0.4 is 15.2 Å². The maximum atomic E-state index is 6.11. The standard InChI is InChI=1S/C18H31N3O2/c1-5-22-17-8-7-15(11-18(17)23-6-2)16(12-19)21-10-9-20(4)14(3)13-21/h7-8,11,14,16H,5-6,9-10,12-13,19H2,1-4H3. The maximum absolute atomic E-state index is 6.11. The third-order valence-electron chi connectivity index (χ3n) is 4.61.